The average molecular weight is 474 g/mol. The Kier molecular flexibility index (Phi) is 8.90. The van der Waals surface area contributed by atoms with Gasteiger partial charge in [-0.05, 0) is 57.7 Å². The molecule has 0 aromatic heterocycles. The van der Waals surface area contributed by atoms with Crippen LogP contribution < -0.4 is 20.9 Å². The van der Waals surface area contributed by atoms with Crippen molar-refractivity contribution in [3.63, 3.8) is 0 Å². The molecule has 3 amide bonds. The van der Waals surface area contributed by atoms with Crippen molar-refractivity contribution in [2.75, 3.05) is 49.1 Å². The summed E-state index contributed by atoms with van der Waals surface area (Å²) in [5.41, 5.74) is 8.36. The molecule has 2 heterocycles. The summed E-state index contributed by atoms with van der Waals surface area (Å²) in [6, 6.07) is 5.57. The third-order valence-corrected chi connectivity index (χ3v) is 6.47. The monoisotopic (exact) mass is 473 g/mol. The van der Waals surface area contributed by atoms with E-state index >= 15 is 0 Å². The number of nitrogens with two attached hydrogens (primary N) is 1. The van der Waals surface area contributed by atoms with Crippen molar-refractivity contribution in [1.82, 2.24) is 10.2 Å². The zero-order valence-electron chi connectivity index (χ0n) is 20.9. The maximum Gasteiger partial charge on any atom is 0.414 e. The summed E-state index contributed by atoms with van der Waals surface area (Å²) in [5, 5.41) is 3.27. The molecule has 1 saturated heterocycles. The van der Waals surface area contributed by atoms with Crippen LogP contribution in [0.15, 0.2) is 18.2 Å². The molecule has 188 valence electrons. The zero-order valence-corrected chi connectivity index (χ0v) is 20.9. The standard InChI is InChI=1S/C25H39N5O4/c1-17(2)34-25(33)29-16-18(3)30(19(4)31)22-9-8-20(12-23(22)29)21(13-26)14-27-15-24(32)28-10-6-5-7-11-28/h8-9,12,17-18,21,27H,5-7,10-11,13-16,26H2,1-4H3/t18-,21?/m0/s1. The summed E-state index contributed by atoms with van der Waals surface area (Å²) >= 11 is 0. The lowest BCUT2D eigenvalue weighted by atomic mass is 9.96. The van der Waals surface area contributed by atoms with Crippen molar-refractivity contribution in [3.8, 4) is 0 Å². The lowest BCUT2D eigenvalue weighted by molar-refractivity contribution is -0.131. The zero-order chi connectivity index (χ0) is 24.8. The van der Waals surface area contributed by atoms with E-state index < -0.39 is 6.09 Å². The number of carbonyl (C=O) groups excluding carboxylic acids is 3. The maximum absolute atomic E-state index is 12.9. The van der Waals surface area contributed by atoms with E-state index in [1.165, 1.54) is 13.3 Å². The molecule has 0 spiro atoms. The van der Waals surface area contributed by atoms with Crippen LogP contribution in [0.1, 0.15) is 58.4 Å². The second-order valence-corrected chi connectivity index (χ2v) is 9.53. The lowest BCUT2D eigenvalue weighted by Gasteiger charge is -2.40. The number of carbonyl (C=O) groups is 3. The second kappa shape index (κ2) is 11.7. The Hall–Kier alpha value is -2.65. The van der Waals surface area contributed by atoms with Crippen LogP contribution in [-0.4, -0.2) is 74.2 Å². The molecule has 3 rings (SSSR count). The van der Waals surface area contributed by atoms with Crippen LogP contribution in [-0.2, 0) is 14.3 Å². The minimum absolute atomic E-state index is 0.0486. The molecule has 1 aromatic carbocycles. The van der Waals surface area contributed by atoms with Crippen molar-refractivity contribution < 1.29 is 19.1 Å². The van der Waals surface area contributed by atoms with Gasteiger partial charge in [-0.25, -0.2) is 4.79 Å². The van der Waals surface area contributed by atoms with Crippen molar-refractivity contribution in [3.05, 3.63) is 23.8 Å². The molecule has 2 aliphatic rings. The van der Waals surface area contributed by atoms with Gasteiger partial charge < -0.3 is 25.6 Å². The van der Waals surface area contributed by atoms with E-state index in [0.717, 1.165) is 31.5 Å². The fourth-order valence-corrected chi connectivity index (χ4v) is 4.76. The third-order valence-electron chi connectivity index (χ3n) is 6.47. The Bertz CT molecular complexity index is 884. The Morgan fingerprint density at radius 1 is 1.15 bits per heavy atom. The molecule has 0 radical (unpaired) electrons. The largest absolute Gasteiger partial charge is 0.446 e. The normalized spacial score (nSPS) is 19.1. The van der Waals surface area contributed by atoms with Crippen LogP contribution in [0.5, 0.6) is 0 Å². The fraction of sp³-hybridized carbons (Fsp3) is 0.640. The first-order valence-electron chi connectivity index (χ1n) is 12.3. The minimum atomic E-state index is -0.432. The van der Waals surface area contributed by atoms with Crippen molar-refractivity contribution in [1.29, 1.82) is 0 Å². The Morgan fingerprint density at radius 2 is 1.85 bits per heavy atom. The molecule has 9 heteroatoms. The number of likely N-dealkylation sites (tertiary alicyclic amines) is 1. The van der Waals surface area contributed by atoms with Gasteiger partial charge in [-0.2, -0.15) is 0 Å². The van der Waals surface area contributed by atoms with Crippen molar-refractivity contribution >= 4 is 29.3 Å². The van der Waals surface area contributed by atoms with Gasteiger partial charge >= 0.3 is 6.09 Å². The Morgan fingerprint density at radius 3 is 2.47 bits per heavy atom. The predicted molar refractivity (Wildman–Crippen MR) is 133 cm³/mol. The highest BCUT2D eigenvalue weighted by molar-refractivity contribution is 6.02. The topological polar surface area (TPSA) is 108 Å². The molecular weight excluding hydrogens is 434 g/mol. The van der Waals surface area contributed by atoms with E-state index in [2.05, 4.69) is 5.32 Å². The Labute approximate surface area is 202 Å². The van der Waals surface area contributed by atoms with E-state index in [-0.39, 0.29) is 36.4 Å². The number of piperidine rings is 1. The van der Waals surface area contributed by atoms with Gasteiger partial charge in [0.1, 0.15) is 0 Å². The highest BCUT2D eigenvalue weighted by Crippen LogP contribution is 2.38. The second-order valence-electron chi connectivity index (χ2n) is 9.53. The summed E-state index contributed by atoms with van der Waals surface area (Å²) < 4.78 is 5.47. The van der Waals surface area contributed by atoms with Gasteiger partial charge in [0.25, 0.3) is 0 Å². The average Bonchev–Trinajstić information content (AvgIpc) is 2.80. The lowest BCUT2D eigenvalue weighted by Crippen LogP contribution is -2.51. The summed E-state index contributed by atoms with van der Waals surface area (Å²) in [4.78, 5) is 42.9. The summed E-state index contributed by atoms with van der Waals surface area (Å²) in [6.45, 7) is 10.3. The number of hydrogen-bond donors (Lipinski definition) is 2. The van der Waals surface area contributed by atoms with Gasteiger partial charge in [-0.3, -0.25) is 14.5 Å². The van der Waals surface area contributed by atoms with Crippen LogP contribution in [0.25, 0.3) is 0 Å². The first kappa shape index (κ1) is 26.0. The molecule has 2 atom stereocenters. The molecule has 1 aromatic rings. The molecule has 9 nitrogen and oxygen atoms in total. The SMILES string of the molecule is CC(=O)N1c2ccc(C(CN)CNCC(=O)N3CCCCC3)cc2N(C(=O)OC(C)C)C[C@@H]1C. The predicted octanol–water partition coefficient (Wildman–Crippen LogP) is 2.44. The van der Waals surface area contributed by atoms with E-state index in [4.69, 9.17) is 10.5 Å². The van der Waals surface area contributed by atoms with Crippen LogP contribution in [0.2, 0.25) is 0 Å². The van der Waals surface area contributed by atoms with Gasteiger partial charge in [0.15, 0.2) is 0 Å². The molecular formula is C25H39N5O4. The number of anilines is 2. The van der Waals surface area contributed by atoms with Crippen LogP contribution in [0.4, 0.5) is 16.2 Å². The number of hydrogen-bond acceptors (Lipinski definition) is 6. The molecule has 3 N–H and O–H groups in total. The highest BCUT2D eigenvalue weighted by atomic mass is 16.6. The van der Waals surface area contributed by atoms with Crippen LogP contribution >= 0.6 is 0 Å². The molecule has 0 saturated carbocycles. The number of rotatable bonds is 7. The summed E-state index contributed by atoms with van der Waals surface area (Å²) in [7, 11) is 0. The number of benzene rings is 1. The summed E-state index contributed by atoms with van der Waals surface area (Å²) in [6.07, 6.45) is 2.64. The molecule has 1 unspecified atom stereocenters. The smallest absolute Gasteiger partial charge is 0.414 e. The quantitative estimate of drug-likeness (QED) is 0.630. The molecule has 1 fully saturated rings. The van der Waals surface area contributed by atoms with Crippen LogP contribution in [0, 0.1) is 0 Å². The van der Waals surface area contributed by atoms with E-state index in [9.17, 15) is 14.4 Å². The van der Waals surface area contributed by atoms with E-state index in [0.29, 0.717) is 31.0 Å². The van der Waals surface area contributed by atoms with E-state index in [1.54, 1.807) is 9.80 Å². The molecule has 2 aliphatic heterocycles. The van der Waals surface area contributed by atoms with Crippen molar-refractivity contribution in [2.24, 2.45) is 5.73 Å². The molecule has 0 bridgehead atoms. The van der Waals surface area contributed by atoms with Gasteiger partial charge in [-0.15, -0.1) is 0 Å². The minimum Gasteiger partial charge on any atom is -0.446 e. The third kappa shape index (κ3) is 6.07. The number of ether oxygens (including phenoxy) is 1. The highest BCUT2D eigenvalue weighted by Gasteiger charge is 2.35. The number of nitrogens with one attached hydrogen (secondary N) is 1. The fourth-order valence-electron chi connectivity index (χ4n) is 4.76. The number of nitrogens with zero attached hydrogens (tertiary/aromatic N) is 3. The van der Waals surface area contributed by atoms with E-state index in [1.807, 2.05) is 43.9 Å². The van der Waals surface area contributed by atoms with Gasteiger partial charge in [-0.1, -0.05) is 6.07 Å². The Balaban J connectivity index is 1.78. The molecule has 0 aliphatic carbocycles. The van der Waals surface area contributed by atoms with Gasteiger partial charge in [0.2, 0.25) is 11.8 Å². The summed E-state index contributed by atoms with van der Waals surface area (Å²) in [5.74, 6) is -0.00574. The van der Waals surface area contributed by atoms with Crippen LogP contribution in [0.3, 0.4) is 0 Å². The maximum atomic E-state index is 12.9. The number of fused-ring (bicyclic) bond motifs is 1. The van der Waals surface area contributed by atoms with Crippen molar-refractivity contribution in [2.45, 2.75) is 65.0 Å². The van der Waals surface area contributed by atoms with Gasteiger partial charge in [0.05, 0.1) is 30.1 Å². The first-order chi connectivity index (χ1) is 16.2. The first-order valence-corrected chi connectivity index (χ1v) is 12.3. The number of amides is 3. The van der Waals surface area contributed by atoms with Gasteiger partial charge in [0, 0.05) is 45.6 Å². The molecule has 34 heavy (non-hydrogen) atoms.